The van der Waals surface area contributed by atoms with Crippen molar-refractivity contribution in [3.63, 3.8) is 0 Å². The first kappa shape index (κ1) is 15.2. The Hall–Kier alpha value is -2.69. The lowest BCUT2D eigenvalue weighted by molar-refractivity contribution is -0.138. The summed E-state index contributed by atoms with van der Waals surface area (Å²) in [5.74, 6) is -0.542. The molecule has 0 fully saturated rings. The molecule has 1 heterocycles. The van der Waals surface area contributed by atoms with Crippen LogP contribution in [0.25, 0.3) is 0 Å². The van der Waals surface area contributed by atoms with Gasteiger partial charge in [-0.1, -0.05) is 18.2 Å². The average molecular weight is 313 g/mol. The highest BCUT2D eigenvalue weighted by molar-refractivity contribution is 6.03. The molecule has 0 radical (unpaired) electrons. The van der Waals surface area contributed by atoms with Gasteiger partial charge in [0.05, 0.1) is 0 Å². The maximum Gasteiger partial charge on any atom is 0.328 e. The molecule has 0 saturated carbocycles. The third kappa shape index (κ3) is 3.56. The number of halogens is 1. The number of carboxylic acid groups (broad SMARTS) is 1. The highest BCUT2D eigenvalue weighted by Crippen LogP contribution is 2.21. The van der Waals surface area contributed by atoms with Crippen molar-refractivity contribution in [2.75, 3.05) is 0 Å². The van der Waals surface area contributed by atoms with Crippen molar-refractivity contribution in [2.45, 2.75) is 25.5 Å². The lowest BCUT2D eigenvalue weighted by Crippen LogP contribution is -2.13. The summed E-state index contributed by atoms with van der Waals surface area (Å²) in [7, 11) is 0. The Balaban J connectivity index is 1.65. The Morgan fingerprint density at radius 3 is 2.61 bits per heavy atom. The molecule has 1 unspecified atom stereocenters. The van der Waals surface area contributed by atoms with E-state index in [0.29, 0.717) is 24.2 Å². The van der Waals surface area contributed by atoms with E-state index in [1.54, 1.807) is 30.3 Å². The number of hydrogen-bond acceptors (Lipinski definition) is 3. The quantitative estimate of drug-likeness (QED) is 0.920. The number of nitrogens with zero attached hydrogens (tertiary/aromatic N) is 1. The van der Waals surface area contributed by atoms with Gasteiger partial charge in [0.15, 0.2) is 0 Å². The maximum atomic E-state index is 13.5. The molecule has 0 saturated heterocycles. The number of aliphatic carboxylic acids is 1. The molecule has 118 valence electrons. The molecule has 4 nitrogen and oxygen atoms in total. The van der Waals surface area contributed by atoms with Crippen molar-refractivity contribution in [1.82, 2.24) is 0 Å². The number of benzene rings is 2. The third-order valence-corrected chi connectivity index (χ3v) is 3.79. The van der Waals surface area contributed by atoms with Crippen LogP contribution in [-0.2, 0) is 11.4 Å². The van der Waals surface area contributed by atoms with Crippen molar-refractivity contribution in [3.05, 3.63) is 65.5 Å². The first-order chi connectivity index (χ1) is 11.1. The summed E-state index contributed by atoms with van der Waals surface area (Å²) < 4.78 is 19.1. The first-order valence-electron chi connectivity index (χ1n) is 7.39. The molecule has 23 heavy (non-hydrogen) atoms. The van der Waals surface area contributed by atoms with E-state index < -0.39 is 12.0 Å². The molecular formula is C18H16FNO3. The molecule has 3 rings (SSSR count). The number of rotatable bonds is 5. The predicted octanol–water partition coefficient (Wildman–Crippen LogP) is 3.44. The lowest BCUT2D eigenvalue weighted by atomic mass is 10.1. The van der Waals surface area contributed by atoms with E-state index >= 15 is 0 Å². The van der Waals surface area contributed by atoms with E-state index in [1.165, 1.54) is 6.07 Å². The van der Waals surface area contributed by atoms with Crippen LogP contribution in [0.1, 0.15) is 24.0 Å². The van der Waals surface area contributed by atoms with Crippen LogP contribution >= 0.6 is 0 Å². The van der Waals surface area contributed by atoms with Crippen LogP contribution < -0.4 is 4.74 Å². The molecule has 1 atom stereocenters. The minimum absolute atomic E-state index is 0.161. The van der Waals surface area contributed by atoms with E-state index in [1.807, 2.05) is 12.1 Å². The molecule has 1 aliphatic rings. The summed E-state index contributed by atoms with van der Waals surface area (Å²) in [6.07, 6.45) is 1.20. The summed E-state index contributed by atoms with van der Waals surface area (Å²) in [6, 6.07) is 13.1. The van der Waals surface area contributed by atoms with Gasteiger partial charge in [-0.25, -0.2) is 9.18 Å². The Bertz CT molecular complexity index is 740. The van der Waals surface area contributed by atoms with Crippen LogP contribution in [-0.4, -0.2) is 22.8 Å². The van der Waals surface area contributed by atoms with Crippen LogP contribution in [0, 0.1) is 5.82 Å². The van der Waals surface area contributed by atoms with Crippen molar-refractivity contribution in [1.29, 1.82) is 0 Å². The summed E-state index contributed by atoms with van der Waals surface area (Å²) in [5, 5.41) is 8.96. The summed E-state index contributed by atoms with van der Waals surface area (Å²) in [6.45, 7) is 0.161. The Morgan fingerprint density at radius 1 is 1.22 bits per heavy atom. The second-order valence-corrected chi connectivity index (χ2v) is 5.37. The minimum Gasteiger partial charge on any atom is -0.489 e. The van der Waals surface area contributed by atoms with Crippen LogP contribution in [0.4, 0.5) is 4.39 Å². The van der Waals surface area contributed by atoms with Gasteiger partial charge in [-0.15, -0.1) is 0 Å². The smallest absolute Gasteiger partial charge is 0.328 e. The normalized spacial score (nSPS) is 16.9. The molecule has 5 heteroatoms. The number of carbonyl (C=O) groups is 1. The van der Waals surface area contributed by atoms with Gasteiger partial charge in [0.1, 0.15) is 24.2 Å². The van der Waals surface area contributed by atoms with Crippen LogP contribution in [0.15, 0.2) is 53.5 Å². The van der Waals surface area contributed by atoms with Crippen LogP contribution in [0.3, 0.4) is 0 Å². The van der Waals surface area contributed by atoms with Crippen molar-refractivity contribution in [3.8, 4) is 5.75 Å². The molecule has 0 bridgehead atoms. The molecule has 1 aliphatic heterocycles. The Labute approximate surface area is 133 Å². The largest absolute Gasteiger partial charge is 0.489 e. The van der Waals surface area contributed by atoms with Gasteiger partial charge in [-0.05, 0) is 48.7 Å². The molecule has 0 amide bonds. The monoisotopic (exact) mass is 313 g/mol. The Kier molecular flexibility index (Phi) is 4.37. The molecule has 1 N–H and O–H groups in total. The third-order valence-electron chi connectivity index (χ3n) is 3.79. The van der Waals surface area contributed by atoms with Crippen LogP contribution in [0.2, 0.25) is 0 Å². The molecule has 2 aromatic rings. The van der Waals surface area contributed by atoms with E-state index in [0.717, 1.165) is 11.3 Å². The zero-order chi connectivity index (χ0) is 16.2. The van der Waals surface area contributed by atoms with Crippen molar-refractivity contribution >= 4 is 11.7 Å². The molecule has 0 aliphatic carbocycles. The van der Waals surface area contributed by atoms with Crippen molar-refractivity contribution < 1.29 is 19.0 Å². The van der Waals surface area contributed by atoms with Gasteiger partial charge in [-0.3, -0.25) is 4.99 Å². The molecule has 0 spiro atoms. The van der Waals surface area contributed by atoms with Gasteiger partial charge in [-0.2, -0.15) is 0 Å². The fraction of sp³-hybridized carbons (Fsp3) is 0.222. The minimum atomic E-state index is -0.884. The fourth-order valence-electron chi connectivity index (χ4n) is 2.51. The number of aliphatic imine (C=N–C) groups is 1. The van der Waals surface area contributed by atoms with E-state index in [2.05, 4.69) is 4.99 Å². The standard InChI is InChI=1S/C18H16FNO3/c19-15-4-2-1-3-13(15)11-23-14-7-5-12(6-8-14)16-9-10-17(20-16)18(21)22/h1-8,17H,9-11H2,(H,21,22). The van der Waals surface area contributed by atoms with Gasteiger partial charge >= 0.3 is 5.97 Å². The highest BCUT2D eigenvalue weighted by Gasteiger charge is 2.24. The van der Waals surface area contributed by atoms with Gasteiger partial charge < -0.3 is 9.84 Å². The van der Waals surface area contributed by atoms with Crippen molar-refractivity contribution in [2.24, 2.45) is 4.99 Å². The van der Waals surface area contributed by atoms with E-state index in [4.69, 9.17) is 9.84 Å². The summed E-state index contributed by atoms with van der Waals surface area (Å²) in [5.41, 5.74) is 2.20. The first-order valence-corrected chi connectivity index (χ1v) is 7.39. The van der Waals surface area contributed by atoms with Gasteiger partial charge in [0.2, 0.25) is 0 Å². The number of carboxylic acids is 1. The maximum absolute atomic E-state index is 13.5. The summed E-state index contributed by atoms with van der Waals surface area (Å²) in [4.78, 5) is 15.1. The van der Waals surface area contributed by atoms with E-state index in [9.17, 15) is 9.18 Å². The molecular weight excluding hydrogens is 297 g/mol. The van der Waals surface area contributed by atoms with E-state index in [-0.39, 0.29) is 12.4 Å². The van der Waals surface area contributed by atoms with Gasteiger partial charge in [0, 0.05) is 11.3 Å². The average Bonchev–Trinajstić information content (AvgIpc) is 3.05. The fourth-order valence-corrected chi connectivity index (χ4v) is 2.51. The zero-order valence-corrected chi connectivity index (χ0v) is 12.4. The van der Waals surface area contributed by atoms with Crippen LogP contribution in [0.5, 0.6) is 5.75 Å². The Morgan fingerprint density at radius 2 is 1.96 bits per heavy atom. The second-order valence-electron chi connectivity index (χ2n) is 5.37. The zero-order valence-electron chi connectivity index (χ0n) is 12.4. The molecule has 2 aromatic carbocycles. The highest BCUT2D eigenvalue weighted by atomic mass is 19.1. The topological polar surface area (TPSA) is 58.9 Å². The lowest BCUT2D eigenvalue weighted by Gasteiger charge is -2.08. The number of hydrogen-bond donors (Lipinski definition) is 1. The summed E-state index contributed by atoms with van der Waals surface area (Å²) >= 11 is 0. The predicted molar refractivity (Wildman–Crippen MR) is 84.4 cm³/mol. The molecule has 0 aromatic heterocycles. The van der Waals surface area contributed by atoms with Gasteiger partial charge in [0.25, 0.3) is 0 Å². The SMILES string of the molecule is O=C(O)C1CCC(c2ccc(OCc3ccccc3F)cc2)=N1. The number of ether oxygens (including phenoxy) is 1. The second kappa shape index (κ2) is 6.60.